The standard InChI is InChI=1S/C11H17N3O/c1-8(2)5-6-10(15)14-11-9(12)4-3-7-13-11/h3-4,7-8H,5-6,12H2,1-2H3,(H,13,14,15). The first-order valence-corrected chi connectivity index (χ1v) is 5.10. The van der Waals surface area contributed by atoms with Crippen molar-refractivity contribution < 1.29 is 4.79 Å². The largest absolute Gasteiger partial charge is 0.396 e. The number of hydrogen-bond donors (Lipinski definition) is 2. The van der Waals surface area contributed by atoms with Crippen LogP contribution in [0.3, 0.4) is 0 Å². The van der Waals surface area contributed by atoms with E-state index in [0.29, 0.717) is 23.8 Å². The van der Waals surface area contributed by atoms with Crippen LogP contribution in [0, 0.1) is 5.92 Å². The van der Waals surface area contributed by atoms with Gasteiger partial charge in [-0.15, -0.1) is 0 Å². The highest BCUT2D eigenvalue weighted by molar-refractivity contribution is 5.92. The maximum absolute atomic E-state index is 11.5. The van der Waals surface area contributed by atoms with E-state index < -0.39 is 0 Å². The van der Waals surface area contributed by atoms with Gasteiger partial charge in [-0.25, -0.2) is 4.98 Å². The van der Waals surface area contributed by atoms with E-state index in [4.69, 9.17) is 5.73 Å². The lowest BCUT2D eigenvalue weighted by Crippen LogP contribution is -2.14. The van der Waals surface area contributed by atoms with E-state index >= 15 is 0 Å². The smallest absolute Gasteiger partial charge is 0.225 e. The van der Waals surface area contributed by atoms with Crippen LogP contribution in [0.1, 0.15) is 26.7 Å². The van der Waals surface area contributed by atoms with Crippen LogP contribution >= 0.6 is 0 Å². The summed E-state index contributed by atoms with van der Waals surface area (Å²) < 4.78 is 0. The van der Waals surface area contributed by atoms with Crippen LogP contribution in [0.2, 0.25) is 0 Å². The summed E-state index contributed by atoms with van der Waals surface area (Å²) in [5, 5.41) is 2.69. The molecule has 0 aliphatic heterocycles. The number of nitrogens with one attached hydrogen (secondary N) is 1. The van der Waals surface area contributed by atoms with Crippen molar-refractivity contribution in [3.05, 3.63) is 18.3 Å². The van der Waals surface area contributed by atoms with Gasteiger partial charge in [0.2, 0.25) is 5.91 Å². The van der Waals surface area contributed by atoms with Crippen LogP contribution in [-0.4, -0.2) is 10.9 Å². The van der Waals surface area contributed by atoms with E-state index in [-0.39, 0.29) is 5.91 Å². The van der Waals surface area contributed by atoms with Gasteiger partial charge in [-0.1, -0.05) is 13.8 Å². The van der Waals surface area contributed by atoms with Crippen LogP contribution in [0.25, 0.3) is 0 Å². The van der Waals surface area contributed by atoms with Crippen LogP contribution in [0.5, 0.6) is 0 Å². The molecule has 0 radical (unpaired) electrons. The fraction of sp³-hybridized carbons (Fsp3) is 0.455. The molecule has 4 heteroatoms. The molecule has 0 aromatic carbocycles. The third-order valence-electron chi connectivity index (χ3n) is 2.05. The summed E-state index contributed by atoms with van der Waals surface area (Å²) in [4.78, 5) is 15.5. The number of amides is 1. The molecule has 0 aliphatic carbocycles. The number of hydrogen-bond acceptors (Lipinski definition) is 3. The van der Waals surface area contributed by atoms with E-state index in [1.807, 2.05) is 0 Å². The summed E-state index contributed by atoms with van der Waals surface area (Å²) in [7, 11) is 0. The van der Waals surface area contributed by atoms with Gasteiger partial charge >= 0.3 is 0 Å². The molecule has 4 nitrogen and oxygen atoms in total. The minimum atomic E-state index is -0.0332. The Morgan fingerprint density at radius 3 is 2.93 bits per heavy atom. The number of rotatable bonds is 4. The fourth-order valence-corrected chi connectivity index (χ4v) is 1.14. The molecule has 1 heterocycles. The minimum Gasteiger partial charge on any atom is -0.396 e. The molecular weight excluding hydrogens is 190 g/mol. The third kappa shape index (κ3) is 3.97. The quantitative estimate of drug-likeness (QED) is 0.793. The van der Waals surface area contributed by atoms with E-state index in [1.165, 1.54) is 0 Å². The van der Waals surface area contributed by atoms with Crippen molar-refractivity contribution in [2.75, 3.05) is 11.1 Å². The van der Waals surface area contributed by atoms with Crippen molar-refractivity contribution in [1.82, 2.24) is 4.98 Å². The number of pyridine rings is 1. The topological polar surface area (TPSA) is 68.0 Å². The second-order valence-corrected chi connectivity index (χ2v) is 3.92. The molecule has 0 unspecified atom stereocenters. The van der Waals surface area contributed by atoms with Crippen LogP contribution < -0.4 is 11.1 Å². The highest BCUT2D eigenvalue weighted by atomic mass is 16.1. The predicted molar refractivity (Wildman–Crippen MR) is 61.4 cm³/mol. The van der Waals surface area contributed by atoms with Crippen molar-refractivity contribution >= 4 is 17.4 Å². The molecule has 1 amide bonds. The second-order valence-electron chi connectivity index (χ2n) is 3.92. The van der Waals surface area contributed by atoms with Gasteiger partial charge in [0.1, 0.15) is 0 Å². The van der Waals surface area contributed by atoms with Crippen molar-refractivity contribution in [2.24, 2.45) is 5.92 Å². The van der Waals surface area contributed by atoms with Gasteiger partial charge < -0.3 is 11.1 Å². The van der Waals surface area contributed by atoms with Crippen molar-refractivity contribution in [3.8, 4) is 0 Å². The molecule has 0 saturated carbocycles. The second kappa shape index (κ2) is 5.34. The van der Waals surface area contributed by atoms with E-state index in [2.05, 4.69) is 24.1 Å². The predicted octanol–water partition coefficient (Wildman–Crippen LogP) is 2.04. The number of carbonyl (C=O) groups is 1. The summed E-state index contributed by atoms with van der Waals surface area (Å²) in [6.45, 7) is 4.17. The zero-order valence-corrected chi connectivity index (χ0v) is 9.16. The molecule has 0 saturated heterocycles. The summed E-state index contributed by atoms with van der Waals surface area (Å²) in [5.41, 5.74) is 6.14. The number of nitrogens with two attached hydrogens (primary N) is 1. The Kier molecular flexibility index (Phi) is 4.09. The maximum Gasteiger partial charge on any atom is 0.225 e. The average molecular weight is 207 g/mol. The fourth-order valence-electron chi connectivity index (χ4n) is 1.14. The zero-order chi connectivity index (χ0) is 11.3. The minimum absolute atomic E-state index is 0.0332. The summed E-state index contributed by atoms with van der Waals surface area (Å²) >= 11 is 0. The van der Waals surface area contributed by atoms with E-state index in [1.54, 1.807) is 18.3 Å². The van der Waals surface area contributed by atoms with Gasteiger partial charge in [0, 0.05) is 12.6 Å². The zero-order valence-electron chi connectivity index (χ0n) is 9.16. The maximum atomic E-state index is 11.5. The summed E-state index contributed by atoms with van der Waals surface area (Å²) in [5.74, 6) is 0.942. The molecule has 1 aromatic rings. The molecule has 0 aliphatic rings. The van der Waals surface area contributed by atoms with Crippen LogP contribution in [0.15, 0.2) is 18.3 Å². The monoisotopic (exact) mass is 207 g/mol. The normalized spacial score (nSPS) is 10.3. The highest BCUT2D eigenvalue weighted by Crippen LogP contribution is 2.14. The van der Waals surface area contributed by atoms with Gasteiger partial charge in [-0.3, -0.25) is 4.79 Å². The summed E-state index contributed by atoms with van der Waals surface area (Å²) in [6, 6.07) is 3.45. The van der Waals surface area contributed by atoms with E-state index in [9.17, 15) is 4.79 Å². The molecule has 0 fully saturated rings. The molecule has 0 atom stereocenters. The van der Waals surface area contributed by atoms with Gasteiger partial charge in [-0.05, 0) is 24.5 Å². The molecule has 3 N–H and O–H groups in total. The molecular formula is C11H17N3O. The lowest BCUT2D eigenvalue weighted by atomic mass is 10.1. The molecule has 1 aromatic heterocycles. The Bertz CT molecular complexity index is 336. The first-order chi connectivity index (χ1) is 7.09. The Morgan fingerprint density at radius 1 is 1.60 bits per heavy atom. The Labute approximate surface area is 89.9 Å². The first kappa shape index (κ1) is 11.5. The average Bonchev–Trinajstić information content (AvgIpc) is 2.18. The van der Waals surface area contributed by atoms with Crippen molar-refractivity contribution in [1.29, 1.82) is 0 Å². The van der Waals surface area contributed by atoms with Gasteiger partial charge in [0.25, 0.3) is 0 Å². The number of nitrogen functional groups attached to an aromatic ring is 1. The number of anilines is 2. The number of carbonyl (C=O) groups excluding carboxylic acids is 1. The molecule has 82 valence electrons. The van der Waals surface area contributed by atoms with Crippen molar-refractivity contribution in [3.63, 3.8) is 0 Å². The summed E-state index contributed by atoms with van der Waals surface area (Å²) in [6.07, 6.45) is 2.99. The van der Waals surface area contributed by atoms with Gasteiger partial charge in [0.15, 0.2) is 5.82 Å². The highest BCUT2D eigenvalue weighted by Gasteiger charge is 2.06. The lowest BCUT2D eigenvalue weighted by Gasteiger charge is -2.07. The lowest BCUT2D eigenvalue weighted by molar-refractivity contribution is -0.116. The van der Waals surface area contributed by atoms with Gasteiger partial charge in [0.05, 0.1) is 5.69 Å². The SMILES string of the molecule is CC(C)CCC(=O)Nc1ncccc1N. The molecule has 15 heavy (non-hydrogen) atoms. The number of aromatic nitrogens is 1. The Hall–Kier alpha value is -1.58. The van der Waals surface area contributed by atoms with Crippen molar-refractivity contribution in [2.45, 2.75) is 26.7 Å². The molecule has 1 rings (SSSR count). The molecule has 0 spiro atoms. The van der Waals surface area contributed by atoms with Crippen LogP contribution in [-0.2, 0) is 4.79 Å². The first-order valence-electron chi connectivity index (χ1n) is 5.10. The Morgan fingerprint density at radius 2 is 2.33 bits per heavy atom. The van der Waals surface area contributed by atoms with Gasteiger partial charge in [-0.2, -0.15) is 0 Å². The Balaban J connectivity index is 2.48. The molecule has 0 bridgehead atoms. The van der Waals surface area contributed by atoms with E-state index in [0.717, 1.165) is 6.42 Å². The third-order valence-corrected chi connectivity index (χ3v) is 2.05. The van der Waals surface area contributed by atoms with Crippen LogP contribution in [0.4, 0.5) is 11.5 Å². The number of nitrogens with zero attached hydrogens (tertiary/aromatic N) is 1.